The van der Waals surface area contributed by atoms with E-state index < -0.39 is 0 Å². The monoisotopic (exact) mass is 334 g/mol. The molecule has 19 heavy (non-hydrogen) atoms. The maximum Gasteiger partial charge on any atom is 0.265 e. The molecule has 1 amide bonds. The number of nitriles is 1. The molecular formula is C14H11BrN2OS. The van der Waals surface area contributed by atoms with Crippen LogP contribution in [0.1, 0.15) is 26.4 Å². The third-order valence-corrected chi connectivity index (χ3v) is 4.85. The lowest BCUT2D eigenvalue weighted by atomic mass is 10.1. The largest absolute Gasteiger partial charge is 0.320 e. The fourth-order valence-corrected chi connectivity index (χ4v) is 3.11. The van der Waals surface area contributed by atoms with E-state index >= 15 is 0 Å². The van der Waals surface area contributed by atoms with Crippen LogP contribution in [0.15, 0.2) is 28.1 Å². The number of nitrogens with one attached hydrogen (secondary N) is 1. The maximum atomic E-state index is 12.1. The van der Waals surface area contributed by atoms with Crippen molar-refractivity contribution in [2.75, 3.05) is 5.32 Å². The molecule has 1 N–H and O–H groups in total. The predicted molar refractivity (Wildman–Crippen MR) is 80.6 cm³/mol. The minimum atomic E-state index is -0.194. The first-order chi connectivity index (χ1) is 9.02. The Bertz CT molecular complexity index is 666. The van der Waals surface area contributed by atoms with Gasteiger partial charge in [-0.1, -0.05) is 12.1 Å². The van der Waals surface area contributed by atoms with E-state index in [0.29, 0.717) is 16.1 Å². The van der Waals surface area contributed by atoms with E-state index in [9.17, 15) is 4.79 Å². The highest BCUT2D eigenvalue weighted by Gasteiger charge is 2.13. The van der Waals surface area contributed by atoms with Crippen molar-refractivity contribution in [2.24, 2.45) is 0 Å². The summed E-state index contributed by atoms with van der Waals surface area (Å²) >= 11 is 4.78. The van der Waals surface area contributed by atoms with E-state index in [1.165, 1.54) is 11.3 Å². The molecule has 96 valence electrons. The van der Waals surface area contributed by atoms with Gasteiger partial charge in [-0.2, -0.15) is 5.26 Å². The van der Waals surface area contributed by atoms with Crippen LogP contribution in [0.25, 0.3) is 0 Å². The van der Waals surface area contributed by atoms with Crippen molar-refractivity contribution in [1.29, 1.82) is 5.26 Å². The van der Waals surface area contributed by atoms with Crippen LogP contribution in [0.4, 0.5) is 5.69 Å². The van der Waals surface area contributed by atoms with Gasteiger partial charge in [-0.15, -0.1) is 11.3 Å². The van der Waals surface area contributed by atoms with Crippen molar-refractivity contribution in [2.45, 2.75) is 13.8 Å². The van der Waals surface area contributed by atoms with E-state index in [-0.39, 0.29) is 5.91 Å². The molecule has 0 atom stereocenters. The van der Waals surface area contributed by atoms with Crippen LogP contribution < -0.4 is 5.32 Å². The minimum Gasteiger partial charge on any atom is -0.320 e. The molecule has 0 aliphatic heterocycles. The molecule has 1 aromatic carbocycles. The molecule has 0 fully saturated rings. The Morgan fingerprint density at radius 1 is 1.37 bits per heavy atom. The summed E-state index contributed by atoms with van der Waals surface area (Å²) in [5.41, 5.74) is 2.93. The fraction of sp³-hybridized carbons (Fsp3) is 0.143. The quantitative estimate of drug-likeness (QED) is 0.892. The highest BCUT2D eigenvalue weighted by Crippen LogP contribution is 2.28. The summed E-state index contributed by atoms with van der Waals surface area (Å²) in [7, 11) is 0. The summed E-state index contributed by atoms with van der Waals surface area (Å²) in [6.45, 7) is 3.78. The second kappa shape index (κ2) is 5.55. The van der Waals surface area contributed by atoms with Crippen LogP contribution in [0.5, 0.6) is 0 Å². The zero-order valence-corrected chi connectivity index (χ0v) is 12.9. The Labute approximate surface area is 124 Å². The van der Waals surface area contributed by atoms with Gasteiger partial charge in [0.15, 0.2) is 0 Å². The Morgan fingerprint density at radius 2 is 2.11 bits per heavy atom. The molecular weight excluding hydrogens is 324 g/mol. The van der Waals surface area contributed by atoms with Crippen molar-refractivity contribution < 1.29 is 4.79 Å². The molecule has 1 heterocycles. The van der Waals surface area contributed by atoms with Crippen LogP contribution in [-0.4, -0.2) is 5.91 Å². The van der Waals surface area contributed by atoms with Crippen molar-refractivity contribution in [3.8, 4) is 6.07 Å². The molecule has 5 heteroatoms. The van der Waals surface area contributed by atoms with Gasteiger partial charge in [-0.3, -0.25) is 4.79 Å². The molecule has 0 bridgehead atoms. The molecule has 0 spiro atoms. The maximum absolute atomic E-state index is 12.1. The van der Waals surface area contributed by atoms with E-state index in [2.05, 4.69) is 27.3 Å². The lowest BCUT2D eigenvalue weighted by Crippen LogP contribution is -2.11. The topological polar surface area (TPSA) is 52.9 Å². The Balaban J connectivity index is 2.30. The van der Waals surface area contributed by atoms with Gasteiger partial charge < -0.3 is 5.32 Å². The molecule has 1 aromatic heterocycles. The average molecular weight is 335 g/mol. The number of hydrogen-bond acceptors (Lipinski definition) is 3. The van der Waals surface area contributed by atoms with Crippen molar-refractivity contribution >= 4 is 38.9 Å². The summed E-state index contributed by atoms with van der Waals surface area (Å²) in [6.07, 6.45) is 0. The van der Waals surface area contributed by atoms with Crippen molar-refractivity contribution in [1.82, 2.24) is 0 Å². The third kappa shape index (κ3) is 2.86. The first-order valence-corrected chi connectivity index (χ1v) is 7.21. The standard InChI is InChI=1S/C14H11BrN2OS/c1-8-4-3-5-11(10(8)7-16)17-14(18)12-6-9(2)13(15)19-12/h3-6H,1-2H3,(H,17,18). The normalized spacial score (nSPS) is 10.0. The van der Waals surface area contributed by atoms with Gasteiger partial charge in [0.25, 0.3) is 5.91 Å². The van der Waals surface area contributed by atoms with Crippen molar-refractivity contribution in [3.63, 3.8) is 0 Å². The van der Waals surface area contributed by atoms with Gasteiger partial charge in [0.1, 0.15) is 6.07 Å². The molecule has 2 rings (SSSR count). The Kier molecular flexibility index (Phi) is 4.03. The average Bonchev–Trinajstić information content (AvgIpc) is 2.70. The van der Waals surface area contributed by atoms with Gasteiger partial charge in [0.2, 0.25) is 0 Å². The van der Waals surface area contributed by atoms with Crippen LogP contribution in [0.3, 0.4) is 0 Å². The number of amides is 1. The summed E-state index contributed by atoms with van der Waals surface area (Å²) in [4.78, 5) is 12.7. The zero-order chi connectivity index (χ0) is 14.0. The molecule has 0 aliphatic carbocycles. The summed E-state index contributed by atoms with van der Waals surface area (Å²) < 4.78 is 0.947. The number of anilines is 1. The smallest absolute Gasteiger partial charge is 0.265 e. The number of aryl methyl sites for hydroxylation is 2. The minimum absolute atomic E-state index is 0.194. The number of halogens is 1. The van der Waals surface area contributed by atoms with Crippen LogP contribution in [0, 0.1) is 25.2 Å². The molecule has 0 saturated carbocycles. The van der Waals surface area contributed by atoms with Crippen LogP contribution in [-0.2, 0) is 0 Å². The first kappa shape index (κ1) is 13.8. The Morgan fingerprint density at radius 3 is 2.68 bits per heavy atom. The third-order valence-electron chi connectivity index (χ3n) is 2.71. The highest BCUT2D eigenvalue weighted by atomic mass is 79.9. The van der Waals surface area contributed by atoms with Crippen LogP contribution in [0.2, 0.25) is 0 Å². The SMILES string of the molecule is Cc1cc(C(=O)Nc2cccc(C)c2C#N)sc1Br. The number of carbonyl (C=O) groups excluding carboxylic acids is 1. The Hall–Kier alpha value is -1.64. The first-order valence-electron chi connectivity index (χ1n) is 5.60. The van der Waals surface area contributed by atoms with Crippen molar-refractivity contribution in [3.05, 3.63) is 49.6 Å². The number of benzene rings is 1. The number of rotatable bonds is 2. The number of hydrogen-bond donors (Lipinski definition) is 1. The lowest BCUT2D eigenvalue weighted by molar-refractivity contribution is 0.103. The van der Waals surface area contributed by atoms with E-state index in [4.69, 9.17) is 5.26 Å². The fourth-order valence-electron chi connectivity index (χ4n) is 1.68. The summed E-state index contributed by atoms with van der Waals surface area (Å²) in [5, 5.41) is 11.9. The summed E-state index contributed by atoms with van der Waals surface area (Å²) in [5.74, 6) is -0.194. The molecule has 0 aliphatic rings. The zero-order valence-electron chi connectivity index (χ0n) is 10.5. The summed E-state index contributed by atoms with van der Waals surface area (Å²) in [6, 6.07) is 9.35. The molecule has 3 nitrogen and oxygen atoms in total. The highest BCUT2D eigenvalue weighted by molar-refractivity contribution is 9.11. The molecule has 0 unspecified atom stereocenters. The van der Waals surface area contributed by atoms with Gasteiger partial charge in [0.05, 0.1) is 19.9 Å². The van der Waals surface area contributed by atoms with E-state index in [1.54, 1.807) is 6.07 Å². The van der Waals surface area contributed by atoms with Gasteiger partial charge in [-0.25, -0.2) is 0 Å². The number of nitrogens with zero attached hydrogens (tertiary/aromatic N) is 1. The molecule has 0 radical (unpaired) electrons. The van der Waals surface area contributed by atoms with Gasteiger partial charge in [-0.05, 0) is 53.0 Å². The predicted octanol–water partition coefficient (Wildman–Crippen LogP) is 4.25. The molecule has 2 aromatic rings. The lowest BCUT2D eigenvalue weighted by Gasteiger charge is -2.07. The van der Waals surface area contributed by atoms with Gasteiger partial charge in [0, 0.05) is 0 Å². The number of thiophene rings is 1. The van der Waals surface area contributed by atoms with E-state index in [0.717, 1.165) is 14.9 Å². The second-order valence-corrected chi connectivity index (χ2v) is 6.50. The second-order valence-electron chi connectivity index (χ2n) is 4.13. The molecule has 0 saturated heterocycles. The van der Waals surface area contributed by atoms with Crippen LogP contribution >= 0.6 is 27.3 Å². The van der Waals surface area contributed by atoms with E-state index in [1.807, 2.05) is 32.0 Å². The number of carbonyl (C=O) groups is 1. The van der Waals surface area contributed by atoms with Gasteiger partial charge >= 0.3 is 0 Å².